The Bertz CT molecular complexity index is 425. The lowest BCUT2D eigenvalue weighted by Gasteiger charge is -2.06. The number of thiophene rings is 1. The van der Waals surface area contributed by atoms with Gasteiger partial charge in [-0.3, -0.25) is 0 Å². The highest BCUT2D eigenvalue weighted by molar-refractivity contribution is 7.89. The molecule has 0 aliphatic rings. The van der Waals surface area contributed by atoms with Crippen LogP contribution in [0.4, 0.5) is 0 Å². The maximum absolute atomic E-state index is 11.0. The Labute approximate surface area is 100 Å². The molecule has 0 amide bonds. The molecule has 0 bridgehead atoms. The second kappa shape index (κ2) is 5.77. The summed E-state index contributed by atoms with van der Waals surface area (Å²) in [6.07, 6.45) is 3.20. The number of hydrogen-bond donors (Lipinski definition) is 2. The Kier molecular flexibility index (Phi) is 4.91. The molecule has 1 atom stereocenters. The van der Waals surface area contributed by atoms with Gasteiger partial charge in [-0.25, -0.2) is 13.6 Å². The first-order chi connectivity index (χ1) is 7.45. The van der Waals surface area contributed by atoms with Crippen LogP contribution in [0.2, 0.25) is 0 Å². The second-order valence-electron chi connectivity index (χ2n) is 3.74. The number of sulfonamides is 1. The fourth-order valence-corrected chi connectivity index (χ4v) is 3.23. The van der Waals surface area contributed by atoms with E-state index in [9.17, 15) is 13.5 Å². The Balaban J connectivity index is 2.64. The van der Waals surface area contributed by atoms with Crippen LogP contribution in [0.3, 0.4) is 0 Å². The molecular weight excluding hydrogens is 246 g/mol. The summed E-state index contributed by atoms with van der Waals surface area (Å²) in [4.78, 5) is 0.752. The molecule has 0 saturated heterocycles. The van der Waals surface area contributed by atoms with Crippen molar-refractivity contribution in [2.75, 3.05) is 0 Å². The molecule has 0 radical (unpaired) electrons. The van der Waals surface area contributed by atoms with Gasteiger partial charge in [0.2, 0.25) is 10.0 Å². The normalized spacial score (nSPS) is 13.9. The van der Waals surface area contributed by atoms with Crippen molar-refractivity contribution >= 4 is 21.4 Å². The van der Waals surface area contributed by atoms with Crippen LogP contribution in [0.1, 0.15) is 43.6 Å². The van der Waals surface area contributed by atoms with Crippen LogP contribution in [-0.2, 0) is 10.0 Å². The third kappa shape index (κ3) is 3.86. The van der Waals surface area contributed by atoms with Crippen LogP contribution >= 0.6 is 11.3 Å². The van der Waals surface area contributed by atoms with Crippen molar-refractivity contribution in [2.24, 2.45) is 5.14 Å². The van der Waals surface area contributed by atoms with Crippen LogP contribution < -0.4 is 5.14 Å². The average molecular weight is 263 g/mol. The zero-order chi connectivity index (χ0) is 12.2. The van der Waals surface area contributed by atoms with Crippen molar-refractivity contribution in [3.63, 3.8) is 0 Å². The summed E-state index contributed by atoms with van der Waals surface area (Å²) in [5, 5.41) is 16.3. The van der Waals surface area contributed by atoms with E-state index in [2.05, 4.69) is 6.92 Å². The van der Waals surface area contributed by atoms with Crippen LogP contribution in [0.15, 0.2) is 16.3 Å². The quantitative estimate of drug-likeness (QED) is 0.770. The van der Waals surface area contributed by atoms with E-state index in [4.69, 9.17) is 5.14 Å². The van der Waals surface area contributed by atoms with Crippen LogP contribution in [0.5, 0.6) is 0 Å². The zero-order valence-corrected chi connectivity index (χ0v) is 10.9. The molecular formula is C10H17NO3S2. The molecule has 6 heteroatoms. The molecule has 0 aromatic carbocycles. The van der Waals surface area contributed by atoms with E-state index in [-0.39, 0.29) is 4.90 Å². The molecule has 1 rings (SSSR count). The third-order valence-electron chi connectivity index (χ3n) is 2.33. The highest BCUT2D eigenvalue weighted by Gasteiger charge is 2.15. The van der Waals surface area contributed by atoms with Gasteiger partial charge in [-0.1, -0.05) is 26.2 Å². The number of unbranched alkanes of at least 4 members (excludes halogenated alkanes) is 2. The van der Waals surface area contributed by atoms with Gasteiger partial charge in [0.1, 0.15) is 0 Å². The molecule has 0 aliphatic heterocycles. The van der Waals surface area contributed by atoms with Crippen molar-refractivity contribution in [3.05, 3.63) is 16.3 Å². The molecule has 0 fully saturated rings. The minimum atomic E-state index is -3.64. The summed E-state index contributed by atoms with van der Waals surface area (Å²) in [6.45, 7) is 2.09. The molecule has 16 heavy (non-hydrogen) atoms. The van der Waals surface area contributed by atoms with Crippen LogP contribution in [-0.4, -0.2) is 13.5 Å². The van der Waals surface area contributed by atoms with E-state index < -0.39 is 16.1 Å². The molecule has 1 aromatic rings. The average Bonchev–Trinajstić information content (AvgIpc) is 2.66. The van der Waals surface area contributed by atoms with Crippen molar-refractivity contribution in [3.8, 4) is 0 Å². The van der Waals surface area contributed by atoms with E-state index >= 15 is 0 Å². The number of nitrogens with two attached hydrogens (primary N) is 1. The fourth-order valence-electron chi connectivity index (χ4n) is 1.39. The Hall–Kier alpha value is -0.430. The zero-order valence-electron chi connectivity index (χ0n) is 9.22. The SMILES string of the molecule is CCCCCC(O)c1cc(S(N)(=O)=O)cs1. The predicted octanol–water partition coefficient (Wildman–Crippen LogP) is 2.01. The van der Waals surface area contributed by atoms with Gasteiger partial charge in [0, 0.05) is 10.3 Å². The van der Waals surface area contributed by atoms with E-state index in [1.165, 1.54) is 22.8 Å². The van der Waals surface area contributed by atoms with Crippen molar-refractivity contribution in [1.82, 2.24) is 0 Å². The monoisotopic (exact) mass is 263 g/mol. The standard InChI is InChI=1S/C10H17NO3S2/c1-2-3-4-5-9(12)10-6-8(7-15-10)16(11,13)14/h6-7,9,12H,2-5H2,1H3,(H2,11,13,14). The van der Waals surface area contributed by atoms with Crippen molar-refractivity contribution < 1.29 is 13.5 Å². The highest BCUT2D eigenvalue weighted by Crippen LogP contribution is 2.27. The van der Waals surface area contributed by atoms with Gasteiger partial charge >= 0.3 is 0 Å². The minimum Gasteiger partial charge on any atom is -0.388 e. The second-order valence-corrected chi connectivity index (χ2v) is 6.25. The van der Waals surface area contributed by atoms with Crippen LogP contribution in [0, 0.1) is 0 Å². The smallest absolute Gasteiger partial charge is 0.238 e. The van der Waals surface area contributed by atoms with E-state index in [0.29, 0.717) is 11.3 Å². The lowest BCUT2D eigenvalue weighted by atomic mass is 10.1. The van der Waals surface area contributed by atoms with Gasteiger partial charge in [0.15, 0.2) is 0 Å². The summed E-state index contributed by atoms with van der Waals surface area (Å²) >= 11 is 1.23. The molecule has 0 spiro atoms. The molecule has 0 saturated carbocycles. The summed E-state index contributed by atoms with van der Waals surface area (Å²) < 4.78 is 22.1. The first kappa shape index (κ1) is 13.6. The number of aliphatic hydroxyl groups excluding tert-OH is 1. The molecule has 1 unspecified atom stereocenters. The van der Waals surface area contributed by atoms with Gasteiger partial charge in [-0.15, -0.1) is 11.3 Å². The topological polar surface area (TPSA) is 80.4 Å². The maximum atomic E-state index is 11.0. The van der Waals surface area contributed by atoms with E-state index in [1.54, 1.807) is 0 Å². The van der Waals surface area contributed by atoms with Gasteiger partial charge < -0.3 is 5.11 Å². The first-order valence-corrected chi connectivity index (χ1v) is 7.67. The largest absolute Gasteiger partial charge is 0.388 e. The molecule has 1 heterocycles. The van der Waals surface area contributed by atoms with Crippen molar-refractivity contribution in [1.29, 1.82) is 0 Å². The predicted molar refractivity (Wildman–Crippen MR) is 64.8 cm³/mol. The minimum absolute atomic E-state index is 0.0852. The summed E-state index contributed by atoms with van der Waals surface area (Å²) in [5.41, 5.74) is 0. The number of hydrogen-bond acceptors (Lipinski definition) is 4. The van der Waals surface area contributed by atoms with Crippen LogP contribution in [0.25, 0.3) is 0 Å². The maximum Gasteiger partial charge on any atom is 0.238 e. The lowest BCUT2D eigenvalue weighted by Crippen LogP contribution is -2.10. The summed E-state index contributed by atoms with van der Waals surface area (Å²) in [7, 11) is -3.64. The molecule has 92 valence electrons. The van der Waals surface area contributed by atoms with Gasteiger partial charge in [-0.05, 0) is 12.5 Å². The summed E-state index contributed by atoms with van der Waals surface area (Å²) in [6, 6.07) is 1.45. The van der Waals surface area contributed by atoms with E-state index in [1.807, 2.05) is 0 Å². The van der Waals surface area contributed by atoms with E-state index in [0.717, 1.165) is 19.3 Å². The highest BCUT2D eigenvalue weighted by atomic mass is 32.2. The number of aliphatic hydroxyl groups is 1. The molecule has 1 aromatic heterocycles. The third-order valence-corrected chi connectivity index (χ3v) is 4.41. The molecule has 3 N–H and O–H groups in total. The first-order valence-electron chi connectivity index (χ1n) is 5.24. The Morgan fingerprint density at radius 3 is 2.69 bits per heavy atom. The lowest BCUT2D eigenvalue weighted by molar-refractivity contribution is 0.167. The van der Waals surface area contributed by atoms with Gasteiger partial charge in [-0.2, -0.15) is 0 Å². The Morgan fingerprint density at radius 1 is 1.50 bits per heavy atom. The number of rotatable bonds is 6. The van der Waals surface area contributed by atoms with Gasteiger partial charge in [0.05, 0.1) is 11.0 Å². The fraction of sp³-hybridized carbons (Fsp3) is 0.600. The molecule has 0 aliphatic carbocycles. The number of primary sulfonamides is 1. The summed E-state index contributed by atoms with van der Waals surface area (Å²) in [5.74, 6) is 0. The van der Waals surface area contributed by atoms with Crippen molar-refractivity contribution in [2.45, 2.75) is 43.6 Å². The Morgan fingerprint density at radius 2 is 2.19 bits per heavy atom. The molecule has 4 nitrogen and oxygen atoms in total. The van der Waals surface area contributed by atoms with Gasteiger partial charge in [0.25, 0.3) is 0 Å².